The lowest BCUT2D eigenvalue weighted by molar-refractivity contribution is -0.112. The van der Waals surface area contributed by atoms with E-state index in [9.17, 15) is 19.2 Å². The maximum absolute atomic E-state index is 14.3. The number of methoxy groups -OCH3 is 1. The lowest BCUT2D eigenvalue weighted by atomic mass is 10.0. The third-order valence-corrected chi connectivity index (χ3v) is 15.0. The Balaban J connectivity index is 1.03. The highest BCUT2D eigenvalue weighted by molar-refractivity contribution is 6.06. The number of fused-ring (bicyclic) bond motifs is 2. The molecule has 10 rings (SSSR count). The number of nitrogens with one attached hydrogen (secondary N) is 4. The van der Waals surface area contributed by atoms with Gasteiger partial charge in [-0.25, -0.2) is 29.5 Å². The van der Waals surface area contributed by atoms with Crippen molar-refractivity contribution in [3.63, 3.8) is 0 Å². The number of likely N-dealkylation sites (N-methyl/N-ethyl adjacent to an activating group) is 4. The Hall–Kier alpha value is -11.5. The monoisotopic (exact) mass is 1240 g/mol. The van der Waals surface area contributed by atoms with Crippen LogP contribution in [0.25, 0.3) is 44.3 Å². The Morgan fingerprint density at radius 3 is 1.63 bits per heavy atom. The summed E-state index contributed by atoms with van der Waals surface area (Å²) in [6.45, 7) is 10.1. The van der Waals surface area contributed by atoms with Gasteiger partial charge in [0.1, 0.15) is 40.7 Å². The largest absolute Gasteiger partial charge is 0.494 e. The van der Waals surface area contributed by atoms with E-state index in [0.29, 0.717) is 87.8 Å². The Morgan fingerprint density at radius 1 is 0.554 bits per heavy atom. The summed E-state index contributed by atoms with van der Waals surface area (Å²) in [6, 6.07) is 27.2. The minimum Gasteiger partial charge on any atom is -0.494 e. The number of aryl methyl sites for hydroxylation is 2. The number of amides is 2. The quantitative estimate of drug-likeness (QED) is 0.0290. The normalized spacial score (nSPS) is 11.1. The van der Waals surface area contributed by atoms with Crippen molar-refractivity contribution >= 4 is 91.6 Å². The van der Waals surface area contributed by atoms with Crippen LogP contribution < -0.4 is 50.0 Å². The van der Waals surface area contributed by atoms with Crippen LogP contribution in [0.15, 0.2) is 166 Å². The first-order valence-corrected chi connectivity index (χ1v) is 29.1. The SMILES string of the molecule is C=CC(=O)Nc1cc(Nc2ncc(C(=O)Oc3cccnc3)c(-c3cn(C)c4cc(COc5cc(N(C)CCN(C)C)c(NC(=O)C=C)cc5Nc5ncc(C(=O)Oc6ccncc6)c(-c6cn(C)c7ccccc67)n5)ccc34)n2)c(OC)cc1N(C)CCN(C)C. The molecule has 0 atom stereocenters. The van der Waals surface area contributed by atoms with E-state index < -0.39 is 23.8 Å². The van der Waals surface area contributed by atoms with Crippen LogP contribution in [0.1, 0.15) is 26.3 Å². The Bertz CT molecular complexity index is 4400. The summed E-state index contributed by atoms with van der Waals surface area (Å²) >= 11 is 0. The number of nitrogens with zero attached hydrogens (tertiary/aromatic N) is 12. The van der Waals surface area contributed by atoms with Crippen molar-refractivity contribution < 1.29 is 38.1 Å². The zero-order valence-electron chi connectivity index (χ0n) is 52.5. The molecule has 0 unspecified atom stereocenters. The predicted molar refractivity (Wildman–Crippen MR) is 358 cm³/mol. The molecule has 6 aromatic heterocycles. The van der Waals surface area contributed by atoms with Crippen LogP contribution in [-0.4, -0.2) is 148 Å². The predicted octanol–water partition coefficient (Wildman–Crippen LogP) is 10.1. The first-order valence-electron chi connectivity index (χ1n) is 29.1. The van der Waals surface area contributed by atoms with Gasteiger partial charge in [0.25, 0.3) is 0 Å². The van der Waals surface area contributed by atoms with Gasteiger partial charge in [0.05, 0.1) is 58.8 Å². The van der Waals surface area contributed by atoms with Crippen LogP contribution in [0.2, 0.25) is 0 Å². The summed E-state index contributed by atoms with van der Waals surface area (Å²) < 4.78 is 28.3. The number of aromatic nitrogens is 8. The molecule has 470 valence electrons. The topological polar surface area (TPSA) is 253 Å². The first-order chi connectivity index (χ1) is 44.4. The molecule has 4 N–H and O–H groups in total. The number of anilines is 8. The van der Waals surface area contributed by atoms with E-state index in [1.54, 1.807) is 42.6 Å². The standard InChI is InChI=1S/C68H70N16O8/c1-12-61(85)73-51-32-53(59(89-11)34-57(51)81(7)29-27-79(3)4)75-67-71-38-48(66(88)92-44-17-16-24-70-36-44)64(78-67)50-40-84(10)56-31-42(20-21-46(50)56)41-90-60-35-58(82(8)30-28-80(5)6)52(74-62(86)13-2)33-54(60)76-68-72-37-47(65(87)91-43-22-25-69-26-23-43)63(77-68)49-39-83(9)55-19-15-14-18-45(49)55/h12-26,31-40H,1-2,27-30,41H2,3-11H3,(H,73,85)(H,74,86)(H,71,75,78)(H,72,76,77). The van der Waals surface area contributed by atoms with E-state index in [2.05, 4.69) is 64.2 Å². The van der Waals surface area contributed by atoms with Gasteiger partial charge in [-0.3, -0.25) is 19.6 Å². The van der Waals surface area contributed by atoms with Crippen molar-refractivity contribution in [3.8, 4) is 45.5 Å². The molecule has 92 heavy (non-hydrogen) atoms. The van der Waals surface area contributed by atoms with Gasteiger partial charge >= 0.3 is 11.9 Å². The van der Waals surface area contributed by atoms with E-state index >= 15 is 0 Å². The van der Waals surface area contributed by atoms with E-state index in [0.717, 1.165) is 33.9 Å². The van der Waals surface area contributed by atoms with Gasteiger partial charge in [-0.1, -0.05) is 43.5 Å². The average Bonchev–Trinajstić information content (AvgIpc) is 1.59. The molecule has 2 amide bonds. The molecule has 6 heterocycles. The number of benzene rings is 4. The van der Waals surface area contributed by atoms with E-state index in [4.69, 9.17) is 28.9 Å². The second-order valence-corrected chi connectivity index (χ2v) is 22.0. The molecule has 0 fully saturated rings. The number of hydrogen-bond acceptors (Lipinski definition) is 20. The number of carbonyl (C=O) groups is 4. The fourth-order valence-electron chi connectivity index (χ4n) is 10.1. The Morgan fingerprint density at radius 2 is 1.09 bits per heavy atom. The third kappa shape index (κ3) is 14.6. The van der Waals surface area contributed by atoms with Crippen molar-refractivity contribution in [1.29, 1.82) is 0 Å². The summed E-state index contributed by atoms with van der Waals surface area (Å²) in [4.78, 5) is 89.9. The van der Waals surface area contributed by atoms with Crippen LogP contribution in [0, 0.1) is 0 Å². The number of rotatable bonds is 26. The van der Waals surface area contributed by atoms with Gasteiger partial charge in [0, 0.05) is 143 Å². The number of pyridine rings is 2. The fourth-order valence-corrected chi connectivity index (χ4v) is 10.1. The highest BCUT2D eigenvalue weighted by atomic mass is 16.5. The maximum Gasteiger partial charge on any atom is 0.347 e. The number of ether oxygens (including phenoxy) is 4. The van der Waals surface area contributed by atoms with Gasteiger partial charge in [-0.15, -0.1) is 0 Å². The third-order valence-electron chi connectivity index (χ3n) is 15.0. The smallest absolute Gasteiger partial charge is 0.347 e. The van der Waals surface area contributed by atoms with Crippen LogP contribution in [0.3, 0.4) is 0 Å². The van der Waals surface area contributed by atoms with E-state index in [1.807, 2.05) is 142 Å². The van der Waals surface area contributed by atoms with Crippen molar-refractivity contribution in [2.75, 3.05) is 107 Å². The molecular formula is C68H70N16O8. The molecule has 0 aliphatic carbocycles. The zero-order chi connectivity index (χ0) is 65.2. The van der Waals surface area contributed by atoms with Crippen molar-refractivity contribution in [3.05, 3.63) is 183 Å². The molecule has 24 nitrogen and oxygen atoms in total. The minimum absolute atomic E-state index is 0.0395. The number of para-hydroxylation sites is 1. The summed E-state index contributed by atoms with van der Waals surface area (Å²) in [7, 11) is 17.1. The van der Waals surface area contributed by atoms with Crippen LogP contribution >= 0.6 is 0 Å². The molecule has 4 aromatic carbocycles. The van der Waals surface area contributed by atoms with Gasteiger partial charge in [-0.05, 0) is 94.4 Å². The minimum atomic E-state index is -0.723. The van der Waals surface area contributed by atoms with Gasteiger partial charge in [0.15, 0.2) is 0 Å². The highest BCUT2D eigenvalue weighted by Gasteiger charge is 2.26. The molecule has 0 aliphatic heterocycles. The van der Waals surface area contributed by atoms with Gasteiger partial charge < -0.3 is 68.9 Å². The van der Waals surface area contributed by atoms with Crippen molar-refractivity contribution in [2.45, 2.75) is 6.61 Å². The molecular weight excluding hydrogens is 1170 g/mol. The molecule has 10 aromatic rings. The van der Waals surface area contributed by atoms with Crippen molar-refractivity contribution in [2.24, 2.45) is 14.1 Å². The second-order valence-electron chi connectivity index (χ2n) is 22.0. The second kappa shape index (κ2) is 28.3. The molecule has 24 heteroatoms. The lowest BCUT2D eigenvalue weighted by Crippen LogP contribution is -2.29. The summed E-state index contributed by atoms with van der Waals surface area (Å²) in [6.07, 6.45) is 15.0. The van der Waals surface area contributed by atoms with E-state index in [-0.39, 0.29) is 41.1 Å². The summed E-state index contributed by atoms with van der Waals surface area (Å²) in [5.74, 6) is -0.716. The lowest BCUT2D eigenvalue weighted by Gasteiger charge is -2.26. The summed E-state index contributed by atoms with van der Waals surface area (Å²) in [5.41, 5.74) is 7.48. The fraction of sp³-hybridized carbons (Fsp3) is 0.206. The Labute approximate surface area is 531 Å². The number of hydrogen-bond donors (Lipinski definition) is 4. The van der Waals surface area contributed by atoms with Crippen LogP contribution in [0.4, 0.5) is 46.0 Å². The molecule has 0 bridgehead atoms. The molecule has 0 aliphatic rings. The molecule has 0 saturated carbocycles. The average molecular weight is 1240 g/mol. The maximum atomic E-state index is 14.3. The zero-order valence-corrected chi connectivity index (χ0v) is 52.5. The molecule has 0 spiro atoms. The van der Waals surface area contributed by atoms with Gasteiger partial charge in [0.2, 0.25) is 23.7 Å². The highest BCUT2D eigenvalue weighted by Crippen LogP contribution is 2.42. The number of carbonyl (C=O) groups excluding carboxylic acids is 4. The number of esters is 2. The van der Waals surface area contributed by atoms with Crippen molar-refractivity contribution in [1.82, 2.24) is 48.8 Å². The summed E-state index contributed by atoms with van der Waals surface area (Å²) in [5, 5.41) is 14.1. The Kier molecular flexibility index (Phi) is 19.6. The van der Waals surface area contributed by atoms with Crippen LogP contribution in [0.5, 0.6) is 23.0 Å². The van der Waals surface area contributed by atoms with E-state index in [1.165, 1.54) is 50.2 Å². The molecule has 0 radical (unpaired) electrons. The first kappa shape index (κ1) is 63.5. The molecule has 0 saturated heterocycles. The van der Waals surface area contributed by atoms with Crippen LogP contribution in [-0.2, 0) is 30.3 Å². The van der Waals surface area contributed by atoms with Gasteiger partial charge in [-0.2, -0.15) is 0 Å².